The van der Waals surface area contributed by atoms with Crippen LogP contribution in [-0.2, 0) is 0 Å². The van der Waals surface area contributed by atoms with E-state index >= 15 is 0 Å². The molecule has 0 aromatic rings. The summed E-state index contributed by atoms with van der Waals surface area (Å²) in [7, 11) is 0. The van der Waals surface area contributed by atoms with E-state index in [2.05, 4.69) is 5.32 Å². The van der Waals surface area contributed by atoms with Crippen molar-refractivity contribution in [2.45, 2.75) is 25.1 Å². The van der Waals surface area contributed by atoms with Crippen molar-refractivity contribution in [3.05, 3.63) is 0 Å². The Kier molecular flexibility index (Phi) is 5.21. The number of aliphatic hydroxyl groups is 1. The second-order valence-corrected chi connectivity index (χ2v) is 4.54. The van der Waals surface area contributed by atoms with Crippen LogP contribution in [-0.4, -0.2) is 54.5 Å². The molecule has 106 valence electrons. The normalized spacial score (nSPS) is 25.2. The number of nitrogens with zero attached hydrogens (tertiary/aromatic N) is 1. The van der Waals surface area contributed by atoms with Crippen LogP contribution in [0.2, 0.25) is 0 Å². The number of halogens is 3. The monoisotopic (exact) mass is 269 g/mol. The van der Waals surface area contributed by atoms with E-state index in [0.717, 1.165) is 0 Å². The lowest BCUT2D eigenvalue weighted by atomic mass is 9.91. The first kappa shape index (κ1) is 15.0. The molecular weight excluding hydrogens is 251 g/mol. The van der Waals surface area contributed by atoms with Crippen LogP contribution in [0.1, 0.15) is 12.8 Å². The minimum Gasteiger partial charge on any atom is -0.395 e. The highest BCUT2D eigenvalue weighted by Gasteiger charge is 2.37. The topological polar surface area (TPSA) is 78.6 Å². The third-order valence-electron chi connectivity index (χ3n) is 2.91. The van der Waals surface area contributed by atoms with E-state index in [0.29, 0.717) is 6.42 Å². The summed E-state index contributed by atoms with van der Waals surface area (Å²) in [6.45, 7) is 0.503. The smallest absolute Gasteiger partial charge is 0.389 e. The Balaban J connectivity index is 2.59. The minimum atomic E-state index is -4.24. The predicted molar refractivity (Wildman–Crippen MR) is 58.8 cm³/mol. The van der Waals surface area contributed by atoms with Gasteiger partial charge in [0, 0.05) is 32.1 Å². The molecule has 1 saturated heterocycles. The van der Waals surface area contributed by atoms with Crippen LogP contribution in [0, 0.1) is 5.92 Å². The Morgan fingerprint density at radius 1 is 1.44 bits per heavy atom. The Labute approximate surface area is 103 Å². The number of likely N-dealkylation sites (tertiary alicyclic amines) is 1. The lowest BCUT2D eigenvalue weighted by Gasteiger charge is -2.37. The van der Waals surface area contributed by atoms with E-state index < -0.39 is 24.5 Å². The van der Waals surface area contributed by atoms with Crippen LogP contribution in [0.3, 0.4) is 0 Å². The van der Waals surface area contributed by atoms with Crippen LogP contribution in [0.15, 0.2) is 0 Å². The third kappa shape index (κ3) is 5.09. The van der Waals surface area contributed by atoms with Gasteiger partial charge in [0.2, 0.25) is 0 Å². The van der Waals surface area contributed by atoms with Gasteiger partial charge in [0.05, 0.1) is 6.61 Å². The molecular formula is C10H18F3N3O2. The number of nitrogens with two attached hydrogens (primary N) is 1. The fourth-order valence-corrected chi connectivity index (χ4v) is 2.28. The van der Waals surface area contributed by atoms with Crippen molar-refractivity contribution in [1.29, 1.82) is 0 Å². The van der Waals surface area contributed by atoms with Gasteiger partial charge >= 0.3 is 12.2 Å². The van der Waals surface area contributed by atoms with Gasteiger partial charge < -0.3 is 21.1 Å². The van der Waals surface area contributed by atoms with Crippen molar-refractivity contribution in [2.75, 3.05) is 26.2 Å². The molecule has 1 fully saturated rings. The predicted octanol–water partition coefficient (Wildman–Crippen LogP) is 0.290. The van der Waals surface area contributed by atoms with Crippen LogP contribution < -0.4 is 11.1 Å². The Hall–Kier alpha value is -1.02. The zero-order valence-corrected chi connectivity index (χ0v) is 9.91. The molecule has 2 atom stereocenters. The quantitative estimate of drug-likeness (QED) is 0.686. The van der Waals surface area contributed by atoms with Gasteiger partial charge in [-0.1, -0.05) is 0 Å². The second kappa shape index (κ2) is 6.24. The first-order chi connectivity index (χ1) is 8.31. The average molecular weight is 269 g/mol. The number of aliphatic hydroxyl groups excluding tert-OH is 1. The SMILES string of the molecule is NC(=O)N1CC(CC(F)(F)F)CC(NCCO)C1. The summed E-state index contributed by atoms with van der Waals surface area (Å²) >= 11 is 0. The van der Waals surface area contributed by atoms with Crippen LogP contribution >= 0.6 is 0 Å². The maximum absolute atomic E-state index is 12.4. The number of hydrogen-bond donors (Lipinski definition) is 3. The molecule has 0 saturated carbocycles. The Morgan fingerprint density at radius 2 is 2.11 bits per heavy atom. The number of primary amides is 1. The lowest BCUT2D eigenvalue weighted by molar-refractivity contribution is -0.148. The Morgan fingerprint density at radius 3 is 2.61 bits per heavy atom. The van der Waals surface area contributed by atoms with Crippen LogP contribution in [0.4, 0.5) is 18.0 Å². The Bertz CT molecular complexity index is 286. The highest BCUT2D eigenvalue weighted by atomic mass is 19.4. The van der Waals surface area contributed by atoms with Gasteiger partial charge in [-0.2, -0.15) is 13.2 Å². The third-order valence-corrected chi connectivity index (χ3v) is 2.91. The van der Waals surface area contributed by atoms with E-state index in [-0.39, 0.29) is 32.3 Å². The highest BCUT2D eigenvalue weighted by molar-refractivity contribution is 5.72. The molecule has 0 aromatic heterocycles. The summed E-state index contributed by atoms with van der Waals surface area (Å²) in [5, 5.41) is 11.6. The van der Waals surface area contributed by atoms with Gasteiger partial charge in [0.1, 0.15) is 0 Å². The van der Waals surface area contributed by atoms with Crippen molar-refractivity contribution in [3.63, 3.8) is 0 Å². The van der Waals surface area contributed by atoms with Gasteiger partial charge in [-0.05, 0) is 12.3 Å². The summed E-state index contributed by atoms with van der Waals surface area (Å²) in [5.41, 5.74) is 5.11. The molecule has 1 aliphatic rings. The molecule has 0 aromatic carbocycles. The van der Waals surface area contributed by atoms with Crippen molar-refractivity contribution in [1.82, 2.24) is 10.2 Å². The van der Waals surface area contributed by atoms with Crippen LogP contribution in [0.5, 0.6) is 0 Å². The number of carbonyl (C=O) groups is 1. The molecule has 1 rings (SSSR count). The van der Waals surface area contributed by atoms with Crippen molar-refractivity contribution >= 4 is 6.03 Å². The van der Waals surface area contributed by atoms with Crippen LogP contribution in [0.25, 0.3) is 0 Å². The molecule has 8 heteroatoms. The fourth-order valence-electron chi connectivity index (χ4n) is 2.28. The van der Waals surface area contributed by atoms with Gasteiger partial charge in [-0.3, -0.25) is 0 Å². The molecule has 1 heterocycles. The lowest BCUT2D eigenvalue weighted by Crippen LogP contribution is -2.53. The molecule has 18 heavy (non-hydrogen) atoms. The number of rotatable bonds is 4. The zero-order chi connectivity index (χ0) is 13.8. The number of piperidine rings is 1. The maximum Gasteiger partial charge on any atom is 0.389 e. The number of amides is 2. The summed E-state index contributed by atoms with van der Waals surface area (Å²) < 4.78 is 37.1. The number of nitrogens with one attached hydrogen (secondary N) is 1. The fraction of sp³-hybridized carbons (Fsp3) is 0.900. The number of alkyl halides is 3. The number of hydrogen-bond acceptors (Lipinski definition) is 3. The molecule has 5 nitrogen and oxygen atoms in total. The second-order valence-electron chi connectivity index (χ2n) is 4.54. The van der Waals surface area contributed by atoms with Gasteiger partial charge in [0.15, 0.2) is 0 Å². The molecule has 0 radical (unpaired) electrons. The van der Waals surface area contributed by atoms with Gasteiger partial charge in [-0.25, -0.2) is 4.79 Å². The summed E-state index contributed by atoms with van der Waals surface area (Å²) in [4.78, 5) is 12.3. The zero-order valence-electron chi connectivity index (χ0n) is 9.91. The molecule has 1 aliphatic heterocycles. The first-order valence-electron chi connectivity index (χ1n) is 5.77. The molecule has 2 unspecified atom stereocenters. The van der Waals surface area contributed by atoms with Crippen molar-refractivity contribution < 1.29 is 23.1 Å². The van der Waals surface area contributed by atoms with E-state index in [9.17, 15) is 18.0 Å². The van der Waals surface area contributed by atoms with Crippen molar-refractivity contribution in [2.24, 2.45) is 11.7 Å². The minimum absolute atomic E-state index is 0.0339. The molecule has 0 aliphatic carbocycles. The molecule has 0 bridgehead atoms. The van der Waals surface area contributed by atoms with E-state index in [1.165, 1.54) is 4.90 Å². The summed E-state index contributed by atoms with van der Waals surface area (Å²) in [5.74, 6) is -0.651. The van der Waals surface area contributed by atoms with E-state index in [4.69, 9.17) is 10.8 Å². The average Bonchev–Trinajstić information content (AvgIpc) is 2.23. The molecule has 2 amide bonds. The summed E-state index contributed by atoms with van der Waals surface area (Å²) in [6, 6.07) is -0.969. The maximum atomic E-state index is 12.4. The number of urea groups is 1. The number of carbonyl (C=O) groups excluding carboxylic acids is 1. The van der Waals surface area contributed by atoms with Gasteiger partial charge in [0.25, 0.3) is 0 Å². The van der Waals surface area contributed by atoms with E-state index in [1.807, 2.05) is 0 Å². The summed E-state index contributed by atoms with van der Waals surface area (Å²) in [6.07, 6.45) is -4.84. The van der Waals surface area contributed by atoms with Crippen molar-refractivity contribution in [3.8, 4) is 0 Å². The van der Waals surface area contributed by atoms with E-state index in [1.54, 1.807) is 0 Å². The molecule has 0 spiro atoms. The molecule has 4 N–H and O–H groups in total. The highest BCUT2D eigenvalue weighted by Crippen LogP contribution is 2.30. The standard InChI is InChI=1S/C10H18F3N3O2/c11-10(12,13)4-7-3-8(15-1-2-17)6-16(5-7)9(14)18/h7-8,15,17H,1-6H2,(H2,14,18). The first-order valence-corrected chi connectivity index (χ1v) is 5.77. The van der Waals surface area contributed by atoms with Gasteiger partial charge in [-0.15, -0.1) is 0 Å². The largest absolute Gasteiger partial charge is 0.395 e.